The predicted octanol–water partition coefficient (Wildman–Crippen LogP) is 3.34. The lowest BCUT2D eigenvalue weighted by Crippen LogP contribution is -1.94. The molecule has 0 saturated heterocycles. The zero-order valence-corrected chi connectivity index (χ0v) is 9.25. The van der Waals surface area contributed by atoms with E-state index in [1.807, 2.05) is 55.0 Å². The molecule has 0 aliphatic heterocycles. The van der Waals surface area contributed by atoms with Gasteiger partial charge in [0.2, 0.25) is 0 Å². The molecule has 0 aliphatic carbocycles. The van der Waals surface area contributed by atoms with Crippen LogP contribution < -0.4 is 0 Å². The van der Waals surface area contributed by atoms with Gasteiger partial charge in [-0.05, 0) is 18.2 Å². The zero-order valence-electron chi connectivity index (χ0n) is 9.25. The third kappa shape index (κ3) is 1.85. The largest absolute Gasteiger partial charge is 0.299 e. The normalized spacial score (nSPS) is 10.4. The van der Waals surface area contributed by atoms with Crippen LogP contribution in [0.25, 0.3) is 16.9 Å². The zero-order chi connectivity index (χ0) is 11.5. The fourth-order valence-electron chi connectivity index (χ4n) is 1.86. The van der Waals surface area contributed by atoms with E-state index in [0.29, 0.717) is 0 Å². The van der Waals surface area contributed by atoms with Crippen LogP contribution in [0.1, 0.15) is 0 Å². The van der Waals surface area contributed by atoms with Crippen molar-refractivity contribution in [3.8, 4) is 16.9 Å². The Kier molecular flexibility index (Phi) is 2.47. The van der Waals surface area contributed by atoms with Crippen molar-refractivity contribution in [3.63, 3.8) is 0 Å². The Balaban J connectivity index is 2.13. The third-order valence-electron chi connectivity index (χ3n) is 2.69. The van der Waals surface area contributed by atoms with Crippen molar-refractivity contribution in [3.05, 3.63) is 73.2 Å². The first-order valence-corrected chi connectivity index (χ1v) is 5.49. The van der Waals surface area contributed by atoms with E-state index in [-0.39, 0.29) is 0 Å². The summed E-state index contributed by atoms with van der Waals surface area (Å²) in [6.07, 6.45) is 3.71. The Morgan fingerprint density at radius 1 is 0.941 bits per heavy atom. The molecule has 0 atom stereocenters. The summed E-state index contributed by atoms with van der Waals surface area (Å²) in [6, 6.07) is 21.1. The molecule has 81 valence electrons. The molecule has 0 N–H and O–H groups in total. The molecular weight excluding hydrogens is 208 g/mol. The van der Waals surface area contributed by atoms with Gasteiger partial charge in [-0.3, -0.25) is 4.57 Å². The molecule has 1 aromatic heterocycles. The van der Waals surface area contributed by atoms with E-state index in [0.717, 1.165) is 16.9 Å². The summed E-state index contributed by atoms with van der Waals surface area (Å²) < 4.78 is 2.07. The monoisotopic (exact) mass is 219 g/mol. The lowest BCUT2D eigenvalue weighted by atomic mass is 10.1. The highest BCUT2D eigenvalue weighted by Gasteiger charge is 2.05. The molecule has 2 nitrogen and oxygen atoms in total. The van der Waals surface area contributed by atoms with E-state index in [1.54, 1.807) is 0 Å². The predicted molar refractivity (Wildman–Crippen MR) is 67.8 cm³/mol. The number of hydrogen-bond donors (Lipinski definition) is 0. The van der Waals surface area contributed by atoms with Crippen molar-refractivity contribution in [2.75, 3.05) is 0 Å². The van der Waals surface area contributed by atoms with Gasteiger partial charge in [-0.1, -0.05) is 42.5 Å². The van der Waals surface area contributed by atoms with Crippen LogP contribution >= 0.6 is 0 Å². The second-order valence-electron chi connectivity index (χ2n) is 3.77. The molecule has 17 heavy (non-hydrogen) atoms. The summed E-state index contributed by atoms with van der Waals surface area (Å²) >= 11 is 0. The fourth-order valence-corrected chi connectivity index (χ4v) is 1.86. The average molecular weight is 219 g/mol. The number of rotatable bonds is 2. The third-order valence-corrected chi connectivity index (χ3v) is 2.69. The molecule has 0 fully saturated rings. The molecule has 1 heterocycles. The first kappa shape index (κ1) is 9.85. The molecule has 0 bridgehead atoms. The molecule has 3 rings (SSSR count). The second-order valence-corrected chi connectivity index (χ2v) is 3.77. The summed E-state index contributed by atoms with van der Waals surface area (Å²) in [6.45, 7) is 0. The van der Waals surface area contributed by atoms with Gasteiger partial charge < -0.3 is 0 Å². The maximum absolute atomic E-state index is 4.23. The van der Waals surface area contributed by atoms with Gasteiger partial charge in [0.25, 0.3) is 0 Å². The van der Waals surface area contributed by atoms with Crippen molar-refractivity contribution in [2.45, 2.75) is 0 Å². The van der Waals surface area contributed by atoms with Crippen molar-refractivity contribution in [2.24, 2.45) is 0 Å². The van der Waals surface area contributed by atoms with Gasteiger partial charge in [0, 0.05) is 11.3 Å². The van der Waals surface area contributed by atoms with Gasteiger partial charge in [-0.25, -0.2) is 4.98 Å². The highest BCUT2D eigenvalue weighted by Crippen LogP contribution is 2.21. The van der Waals surface area contributed by atoms with Crippen LogP contribution in [-0.2, 0) is 0 Å². The maximum atomic E-state index is 4.23. The number of imidazole rings is 1. The molecule has 3 aromatic rings. The van der Waals surface area contributed by atoms with Gasteiger partial charge in [-0.15, -0.1) is 0 Å². The fraction of sp³-hybridized carbons (Fsp3) is 0. The van der Waals surface area contributed by atoms with E-state index < -0.39 is 0 Å². The summed E-state index contributed by atoms with van der Waals surface area (Å²) in [7, 11) is 0. The van der Waals surface area contributed by atoms with Crippen LogP contribution in [0.5, 0.6) is 0 Å². The minimum atomic E-state index is 1.09. The summed E-state index contributed by atoms with van der Waals surface area (Å²) in [5, 5.41) is 0. The van der Waals surface area contributed by atoms with Crippen LogP contribution in [-0.4, -0.2) is 9.55 Å². The van der Waals surface area contributed by atoms with E-state index in [1.165, 1.54) is 0 Å². The molecule has 0 saturated carbocycles. The van der Waals surface area contributed by atoms with Crippen molar-refractivity contribution < 1.29 is 0 Å². The first-order valence-electron chi connectivity index (χ1n) is 5.49. The van der Waals surface area contributed by atoms with Crippen molar-refractivity contribution in [1.29, 1.82) is 0 Å². The highest BCUT2D eigenvalue weighted by atomic mass is 15.0. The lowest BCUT2D eigenvalue weighted by molar-refractivity contribution is 1.06. The molecule has 0 amide bonds. The topological polar surface area (TPSA) is 17.8 Å². The molecule has 2 aromatic carbocycles. The Labute approximate surface area is 100 Å². The highest BCUT2D eigenvalue weighted by molar-refractivity contribution is 5.61. The lowest BCUT2D eigenvalue weighted by Gasteiger charge is -2.07. The van der Waals surface area contributed by atoms with Gasteiger partial charge >= 0.3 is 0 Å². The molecule has 2 heteroatoms. The SMILES string of the molecule is [c]1ccc(-n2cncc2-c2ccccc2)cc1. The maximum Gasteiger partial charge on any atom is 0.0997 e. The molecular formula is C15H11N2. The number of hydrogen-bond acceptors (Lipinski definition) is 1. The molecule has 1 radical (unpaired) electrons. The van der Waals surface area contributed by atoms with E-state index in [9.17, 15) is 0 Å². The Hall–Kier alpha value is -2.35. The van der Waals surface area contributed by atoms with Crippen molar-refractivity contribution in [1.82, 2.24) is 9.55 Å². The Morgan fingerprint density at radius 2 is 1.71 bits per heavy atom. The van der Waals surface area contributed by atoms with Gasteiger partial charge in [0.15, 0.2) is 0 Å². The number of aromatic nitrogens is 2. The minimum Gasteiger partial charge on any atom is -0.299 e. The van der Waals surface area contributed by atoms with Gasteiger partial charge in [0.1, 0.15) is 0 Å². The smallest absolute Gasteiger partial charge is 0.0997 e. The van der Waals surface area contributed by atoms with Gasteiger partial charge in [0.05, 0.1) is 18.2 Å². The minimum absolute atomic E-state index is 1.09. The van der Waals surface area contributed by atoms with Gasteiger partial charge in [-0.2, -0.15) is 0 Å². The second kappa shape index (κ2) is 4.26. The first-order chi connectivity index (χ1) is 8.45. The molecule has 0 unspecified atom stereocenters. The van der Waals surface area contributed by atoms with Crippen LogP contribution in [0.15, 0.2) is 67.1 Å². The molecule has 0 spiro atoms. The van der Waals surface area contributed by atoms with Crippen LogP contribution in [0, 0.1) is 6.07 Å². The molecule has 0 aliphatic rings. The van der Waals surface area contributed by atoms with E-state index in [4.69, 9.17) is 0 Å². The van der Waals surface area contributed by atoms with Crippen LogP contribution in [0.3, 0.4) is 0 Å². The number of nitrogens with zero attached hydrogens (tertiary/aromatic N) is 2. The van der Waals surface area contributed by atoms with Crippen LogP contribution in [0.4, 0.5) is 0 Å². The van der Waals surface area contributed by atoms with E-state index >= 15 is 0 Å². The Bertz CT molecular complexity index is 543. The standard InChI is InChI=1S/C15H11N2/c1-3-7-13(8-4-1)15-11-16-12-17(15)14-9-5-2-6-10-14/h1,3-12H. The Morgan fingerprint density at radius 3 is 2.47 bits per heavy atom. The average Bonchev–Trinajstić information content (AvgIpc) is 2.90. The van der Waals surface area contributed by atoms with Crippen molar-refractivity contribution >= 4 is 0 Å². The van der Waals surface area contributed by atoms with Crippen LogP contribution in [0.2, 0.25) is 0 Å². The summed E-state index contributed by atoms with van der Waals surface area (Å²) in [4.78, 5) is 4.23. The quantitative estimate of drug-likeness (QED) is 0.646. The summed E-state index contributed by atoms with van der Waals surface area (Å²) in [5.74, 6) is 0. The van der Waals surface area contributed by atoms with E-state index in [2.05, 4.69) is 27.8 Å². The number of benzene rings is 2. The summed E-state index contributed by atoms with van der Waals surface area (Å²) in [5.41, 5.74) is 3.36.